The van der Waals surface area contributed by atoms with Gasteiger partial charge in [-0.1, -0.05) is 18.2 Å². The van der Waals surface area contributed by atoms with Crippen LogP contribution in [0.25, 0.3) is 0 Å². The van der Waals surface area contributed by atoms with Gasteiger partial charge in [0.05, 0.1) is 37.9 Å². The summed E-state index contributed by atoms with van der Waals surface area (Å²) in [6, 6.07) is 7.64. The van der Waals surface area contributed by atoms with Gasteiger partial charge in [-0.15, -0.1) is 0 Å². The SMILES string of the molecule is CC(C)(C)OC(=O)CCOc1ccccc1C1CCC(OCC2C(O)CCCN2C(=O)OC(C)(C)C)CC1. The van der Waals surface area contributed by atoms with E-state index >= 15 is 0 Å². The molecule has 2 atom stereocenters. The van der Waals surface area contributed by atoms with Gasteiger partial charge < -0.3 is 29.0 Å². The van der Waals surface area contributed by atoms with Gasteiger partial charge in [0.25, 0.3) is 0 Å². The molecule has 1 saturated heterocycles. The van der Waals surface area contributed by atoms with Crippen LogP contribution in [0, 0.1) is 0 Å². The molecule has 2 fully saturated rings. The normalized spacial score (nSPS) is 24.6. The third kappa shape index (κ3) is 9.45. The lowest BCUT2D eigenvalue weighted by Crippen LogP contribution is -2.54. The predicted octanol–water partition coefficient (Wildman–Crippen LogP) is 5.60. The van der Waals surface area contributed by atoms with Crippen LogP contribution >= 0.6 is 0 Å². The molecule has 0 radical (unpaired) electrons. The Morgan fingerprint density at radius 2 is 1.61 bits per heavy atom. The molecule has 2 aliphatic rings. The fourth-order valence-electron chi connectivity index (χ4n) is 5.15. The number of amides is 1. The van der Waals surface area contributed by atoms with E-state index in [2.05, 4.69) is 6.07 Å². The standard InChI is InChI=1S/C30H47NO7/c1-29(2,3)37-27(33)17-19-35-26-12-8-7-10-23(26)21-13-15-22(16-14-21)36-20-24-25(32)11-9-18-31(24)28(34)38-30(4,5)6/h7-8,10,12,21-22,24-25,32H,9,11,13-20H2,1-6H3. The van der Waals surface area contributed by atoms with Gasteiger partial charge in [0.1, 0.15) is 17.0 Å². The Hall–Kier alpha value is -2.32. The Morgan fingerprint density at radius 3 is 2.26 bits per heavy atom. The van der Waals surface area contributed by atoms with E-state index in [0.29, 0.717) is 25.5 Å². The third-order valence-electron chi connectivity index (χ3n) is 6.89. The first-order valence-corrected chi connectivity index (χ1v) is 14.1. The molecule has 1 amide bonds. The number of hydrogen-bond acceptors (Lipinski definition) is 7. The van der Waals surface area contributed by atoms with Crippen molar-refractivity contribution in [3.8, 4) is 5.75 Å². The van der Waals surface area contributed by atoms with Crippen molar-refractivity contribution >= 4 is 12.1 Å². The monoisotopic (exact) mass is 533 g/mol. The maximum absolute atomic E-state index is 12.7. The fraction of sp³-hybridized carbons (Fsp3) is 0.733. The van der Waals surface area contributed by atoms with E-state index in [1.807, 2.05) is 59.7 Å². The number of esters is 1. The number of rotatable bonds is 8. The van der Waals surface area contributed by atoms with E-state index in [0.717, 1.165) is 43.4 Å². The Kier molecular flexibility index (Phi) is 10.5. The minimum absolute atomic E-state index is 0.0844. The number of carbonyl (C=O) groups excluding carboxylic acids is 2. The van der Waals surface area contributed by atoms with Crippen molar-refractivity contribution in [1.29, 1.82) is 0 Å². The highest BCUT2D eigenvalue weighted by Crippen LogP contribution is 2.38. The van der Waals surface area contributed by atoms with Crippen LogP contribution in [-0.2, 0) is 19.0 Å². The highest BCUT2D eigenvalue weighted by molar-refractivity contribution is 5.70. The molecule has 0 aromatic heterocycles. The maximum atomic E-state index is 12.7. The van der Waals surface area contributed by atoms with E-state index in [1.165, 1.54) is 0 Å². The number of benzene rings is 1. The first-order chi connectivity index (χ1) is 17.8. The molecular formula is C30H47NO7. The molecule has 1 N–H and O–H groups in total. The largest absolute Gasteiger partial charge is 0.493 e. The Labute approximate surface area is 228 Å². The van der Waals surface area contributed by atoms with Crippen molar-refractivity contribution in [2.75, 3.05) is 19.8 Å². The molecule has 214 valence electrons. The van der Waals surface area contributed by atoms with Crippen molar-refractivity contribution in [3.63, 3.8) is 0 Å². The minimum Gasteiger partial charge on any atom is -0.493 e. The molecular weight excluding hydrogens is 486 g/mol. The third-order valence-corrected chi connectivity index (χ3v) is 6.89. The molecule has 1 heterocycles. The summed E-state index contributed by atoms with van der Waals surface area (Å²) in [5, 5.41) is 10.6. The summed E-state index contributed by atoms with van der Waals surface area (Å²) in [4.78, 5) is 26.4. The zero-order valence-electron chi connectivity index (χ0n) is 24.0. The average molecular weight is 534 g/mol. The molecule has 3 rings (SSSR count). The topological polar surface area (TPSA) is 94.5 Å². The quantitative estimate of drug-likeness (QED) is 0.435. The van der Waals surface area contributed by atoms with Gasteiger partial charge in [-0.25, -0.2) is 4.79 Å². The highest BCUT2D eigenvalue weighted by Gasteiger charge is 2.37. The van der Waals surface area contributed by atoms with Crippen LogP contribution in [0.3, 0.4) is 0 Å². The molecule has 0 spiro atoms. The average Bonchev–Trinajstić information content (AvgIpc) is 2.81. The second-order valence-electron chi connectivity index (χ2n) is 12.5. The number of aliphatic hydroxyl groups excluding tert-OH is 1. The first kappa shape index (κ1) is 30.2. The molecule has 1 saturated carbocycles. The van der Waals surface area contributed by atoms with Crippen LogP contribution in [0.2, 0.25) is 0 Å². The number of likely N-dealkylation sites (tertiary alicyclic amines) is 1. The summed E-state index contributed by atoms with van der Waals surface area (Å²) in [5.41, 5.74) is 0.0755. The number of carbonyl (C=O) groups is 2. The number of nitrogens with zero attached hydrogens (tertiary/aromatic N) is 1. The van der Waals surface area contributed by atoms with Crippen LogP contribution in [0.15, 0.2) is 24.3 Å². The maximum Gasteiger partial charge on any atom is 0.410 e. The van der Waals surface area contributed by atoms with Gasteiger partial charge in [0, 0.05) is 6.54 Å². The lowest BCUT2D eigenvalue weighted by Gasteiger charge is -2.40. The van der Waals surface area contributed by atoms with Crippen LogP contribution in [0.1, 0.15) is 98.0 Å². The fourth-order valence-corrected chi connectivity index (χ4v) is 5.15. The number of hydrogen-bond donors (Lipinski definition) is 1. The highest BCUT2D eigenvalue weighted by atomic mass is 16.6. The van der Waals surface area contributed by atoms with E-state index in [9.17, 15) is 14.7 Å². The second kappa shape index (κ2) is 13.2. The lowest BCUT2D eigenvalue weighted by atomic mass is 9.82. The van der Waals surface area contributed by atoms with Crippen LogP contribution in [-0.4, -0.2) is 71.3 Å². The van der Waals surface area contributed by atoms with Crippen molar-refractivity contribution in [3.05, 3.63) is 29.8 Å². The van der Waals surface area contributed by atoms with E-state index < -0.39 is 29.4 Å². The van der Waals surface area contributed by atoms with Crippen LogP contribution < -0.4 is 4.74 Å². The molecule has 8 nitrogen and oxygen atoms in total. The van der Waals surface area contributed by atoms with Gasteiger partial charge in [-0.2, -0.15) is 0 Å². The van der Waals surface area contributed by atoms with E-state index in [1.54, 1.807) is 4.90 Å². The summed E-state index contributed by atoms with van der Waals surface area (Å²) >= 11 is 0. The summed E-state index contributed by atoms with van der Waals surface area (Å²) in [6.45, 7) is 12.3. The molecule has 1 aliphatic heterocycles. The van der Waals surface area contributed by atoms with E-state index in [-0.39, 0.29) is 25.1 Å². The zero-order valence-corrected chi connectivity index (χ0v) is 24.0. The number of aliphatic hydroxyl groups is 1. The van der Waals surface area contributed by atoms with Crippen molar-refractivity contribution < 1.29 is 33.6 Å². The van der Waals surface area contributed by atoms with Gasteiger partial charge in [0.2, 0.25) is 0 Å². The molecule has 8 heteroatoms. The molecule has 38 heavy (non-hydrogen) atoms. The molecule has 1 aromatic carbocycles. The van der Waals surface area contributed by atoms with Gasteiger partial charge in [-0.05, 0) is 97.6 Å². The second-order valence-corrected chi connectivity index (χ2v) is 12.5. The predicted molar refractivity (Wildman–Crippen MR) is 145 cm³/mol. The van der Waals surface area contributed by atoms with Gasteiger partial charge in [-0.3, -0.25) is 4.79 Å². The van der Waals surface area contributed by atoms with Crippen molar-refractivity contribution in [1.82, 2.24) is 4.90 Å². The first-order valence-electron chi connectivity index (χ1n) is 14.1. The number of piperidine rings is 1. The zero-order chi connectivity index (χ0) is 27.9. The van der Waals surface area contributed by atoms with E-state index in [4.69, 9.17) is 18.9 Å². The molecule has 2 unspecified atom stereocenters. The Balaban J connectivity index is 1.49. The lowest BCUT2D eigenvalue weighted by molar-refractivity contribution is -0.155. The number of ether oxygens (including phenoxy) is 4. The molecule has 1 aromatic rings. The van der Waals surface area contributed by atoms with Gasteiger partial charge >= 0.3 is 12.1 Å². The minimum atomic E-state index is -0.614. The Bertz CT molecular complexity index is 912. The van der Waals surface area contributed by atoms with Crippen LogP contribution in [0.5, 0.6) is 5.75 Å². The smallest absolute Gasteiger partial charge is 0.410 e. The summed E-state index contributed by atoms with van der Waals surface area (Å²) < 4.78 is 23.2. The summed E-state index contributed by atoms with van der Waals surface area (Å²) in [7, 11) is 0. The molecule has 0 bridgehead atoms. The van der Waals surface area contributed by atoms with Crippen LogP contribution in [0.4, 0.5) is 4.79 Å². The molecule has 1 aliphatic carbocycles. The number of para-hydroxylation sites is 1. The van der Waals surface area contributed by atoms with Crippen molar-refractivity contribution in [2.45, 2.75) is 122 Å². The summed E-state index contributed by atoms with van der Waals surface area (Å²) in [5.74, 6) is 0.908. The van der Waals surface area contributed by atoms with Crippen molar-refractivity contribution in [2.24, 2.45) is 0 Å². The Morgan fingerprint density at radius 1 is 0.947 bits per heavy atom. The summed E-state index contributed by atoms with van der Waals surface area (Å²) in [6.07, 6.45) is 4.40. The van der Waals surface area contributed by atoms with Gasteiger partial charge in [0.15, 0.2) is 0 Å².